The summed E-state index contributed by atoms with van der Waals surface area (Å²) in [4.78, 5) is 0. The molecule has 3 heteroatoms. The molecule has 0 spiro atoms. The normalized spacial score (nSPS) is 20.6. The van der Waals surface area contributed by atoms with E-state index in [-0.39, 0.29) is 0 Å². The number of ether oxygens (including phenoxy) is 1. The molecule has 72 valence electrons. The molecule has 0 amide bonds. The SMILES string of the molecule is CCc1cc(CC)n(CC2CO2)n1. The minimum atomic E-state index is 0.426. The summed E-state index contributed by atoms with van der Waals surface area (Å²) >= 11 is 0. The second-order valence-electron chi connectivity index (χ2n) is 3.47. The highest BCUT2D eigenvalue weighted by Crippen LogP contribution is 2.14. The fraction of sp³-hybridized carbons (Fsp3) is 0.700. The number of aromatic nitrogens is 2. The van der Waals surface area contributed by atoms with Gasteiger partial charge in [0.15, 0.2) is 0 Å². The average molecular weight is 180 g/mol. The van der Waals surface area contributed by atoms with Gasteiger partial charge in [-0.05, 0) is 18.9 Å². The maximum Gasteiger partial charge on any atom is 0.100 e. The zero-order valence-corrected chi connectivity index (χ0v) is 8.29. The molecule has 13 heavy (non-hydrogen) atoms. The minimum Gasteiger partial charge on any atom is -0.371 e. The van der Waals surface area contributed by atoms with Crippen molar-refractivity contribution in [2.24, 2.45) is 0 Å². The van der Waals surface area contributed by atoms with Crippen molar-refractivity contribution in [3.63, 3.8) is 0 Å². The summed E-state index contributed by atoms with van der Waals surface area (Å²) in [6.07, 6.45) is 2.50. The first-order chi connectivity index (χ1) is 6.33. The Bertz CT molecular complexity index is 289. The maximum atomic E-state index is 5.19. The van der Waals surface area contributed by atoms with E-state index in [4.69, 9.17) is 4.74 Å². The van der Waals surface area contributed by atoms with E-state index in [9.17, 15) is 0 Å². The molecular weight excluding hydrogens is 164 g/mol. The Kier molecular flexibility index (Phi) is 2.36. The van der Waals surface area contributed by atoms with Gasteiger partial charge >= 0.3 is 0 Å². The van der Waals surface area contributed by atoms with Gasteiger partial charge in [-0.1, -0.05) is 13.8 Å². The van der Waals surface area contributed by atoms with Crippen LogP contribution in [0, 0.1) is 0 Å². The van der Waals surface area contributed by atoms with E-state index in [2.05, 4.69) is 29.7 Å². The van der Waals surface area contributed by atoms with Gasteiger partial charge in [-0.3, -0.25) is 4.68 Å². The fourth-order valence-corrected chi connectivity index (χ4v) is 1.50. The average Bonchev–Trinajstić information content (AvgIpc) is 2.85. The Morgan fingerprint density at radius 3 is 2.85 bits per heavy atom. The van der Waals surface area contributed by atoms with Gasteiger partial charge in [0.25, 0.3) is 0 Å². The van der Waals surface area contributed by atoms with Gasteiger partial charge in [0.2, 0.25) is 0 Å². The summed E-state index contributed by atoms with van der Waals surface area (Å²) in [7, 11) is 0. The molecule has 0 bridgehead atoms. The lowest BCUT2D eigenvalue weighted by Crippen LogP contribution is -2.09. The summed E-state index contributed by atoms with van der Waals surface area (Å²) in [6.45, 7) is 6.15. The molecule has 2 rings (SSSR count). The monoisotopic (exact) mass is 180 g/mol. The number of hydrogen-bond acceptors (Lipinski definition) is 2. The predicted molar refractivity (Wildman–Crippen MR) is 50.7 cm³/mol. The van der Waals surface area contributed by atoms with Crippen molar-refractivity contribution in [2.75, 3.05) is 6.61 Å². The van der Waals surface area contributed by atoms with Crippen LogP contribution in [0.2, 0.25) is 0 Å². The second kappa shape index (κ2) is 3.50. The van der Waals surface area contributed by atoms with Gasteiger partial charge in [0.05, 0.1) is 18.8 Å². The quantitative estimate of drug-likeness (QED) is 0.656. The van der Waals surface area contributed by atoms with E-state index in [1.165, 1.54) is 11.4 Å². The largest absolute Gasteiger partial charge is 0.371 e. The van der Waals surface area contributed by atoms with Crippen molar-refractivity contribution in [2.45, 2.75) is 39.3 Å². The third-order valence-corrected chi connectivity index (χ3v) is 2.42. The summed E-state index contributed by atoms with van der Waals surface area (Å²) in [5, 5.41) is 4.52. The highest BCUT2D eigenvalue weighted by atomic mass is 16.6. The molecule has 1 aliphatic heterocycles. The summed E-state index contributed by atoms with van der Waals surface area (Å²) < 4.78 is 7.29. The zero-order valence-electron chi connectivity index (χ0n) is 8.29. The molecule has 1 saturated heterocycles. The Morgan fingerprint density at radius 1 is 1.54 bits per heavy atom. The van der Waals surface area contributed by atoms with E-state index < -0.39 is 0 Å². The summed E-state index contributed by atoms with van der Waals surface area (Å²) in [5.74, 6) is 0. The molecule has 0 aliphatic carbocycles. The van der Waals surface area contributed by atoms with Gasteiger partial charge in [-0.2, -0.15) is 5.10 Å². The molecule has 0 radical (unpaired) electrons. The van der Waals surface area contributed by atoms with Crippen LogP contribution >= 0.6 is 0 Å². The smallest absolute Gasteiger partial charge is 0.100 e. The molecule has 1 unspecified atom stereocenters. The first kappa shape index (κ1) is 8.75. The van der Waals surface area contributed by atoms with Gasteiger partial charge in [0.1, 0.15) is 6.10 Å². The molecule has 1 aromatic heterocycles. The molecule has 1 atom stereocenters. The predicted octanol–water partition coefficient (Wildman–Crippen LogP) is 1.41. The van der Waals surface area contributed by atoms with Crippen molar-refractivity contribution >= 4 is 0 Å². The van der Waals surface area contributed by atoms with Gasteiger partial charge in [0, 0.05) is 5.69 Å². The van der Waals surface area contributed by atoms with E-state index in [1.54, 1.807) is 0 Å². The second-order valence-corrected chi connectivity index (χ2v) is 3.47. The molecule has 1 aliphatic rings. The number of epoxide rings is 1. The number of nitrogens with zero attached hydrogens (tertiary/aromatic N) is 2. The Morgan fingerprint density at radius 2 is 2.31 bits per heavy atom. The van der Waals surface area contributed by atoms with Crippen molar-refractivity contribution in [3.05, 3.63) is 17.5 Å². The lowest BCUT2D eigenvalue weighted by Gasteiger charge is -2.01. The number of rotatable bonds is 4. The summed E-state index contributed by atoms with van der Waals surface area (Å²) in [5.41, 5.74) is 2.52. The van der Waals surface area contributed by atoms with Crippen LogP contribution in [0.5, 0.6) is 0 Å². The molecule has 0 N–H and O–H groups in total. The van der Waals surface area contributed by atoms with Crippen LogP contribution in [0.15, 0.2) is 6.07 Å². The summed E-state index contributed by atoms with van der Waals surface area (Å²) in [6, 6.07) is 2.20. The molecule has 3 nitrogen and oxygen atoms in total. The molecular formula is C10H16N2O. The van der Waals surface area contributed by atoms with Crippen LogP contribution in [0.3, 0.4) is 0 Å². The van der Waals surface area contributed by atoms with Crippen LogP contribution in [-0.2, 0) is 24.1 Å². The number of hydrogen-bond donors (Lipinski definition) is 0. The number of aryl methyl sites for hydroxylation is 2. The minimum absolute atomic E-state index is 0.426. The van der Waals surface area contributed by atoms with Crippen molar-refractivity contribution in [1.82, 2.24) is 9.78 Å². The van der Waals surface area contributed by atoms with E-state index >= 15 is 0 Å². The molecule has 0 saturated carbocycles. The third kappa shape index (κ3) is 1.91. The highest BCUT2D eigenvalue weighted by molar-refractivity contribution is 5.10. The van der Waals surface area contributed by atoms with Gasteiger partial charge in [-0.25, -0.2) is 0 Å². The first-order valence-corrected chi connectivity index (χ1v) is 5.00. The van der Waals surface area contributed by atoms with Crippen LogP contribution in [0.1, 0.15) is 25.2 Å². The Hall–Kier alpha value is -0.830. The van der Waals surface area contributed by atoms with E-state index in [1.807, 2.05) is 0 Å². The van der Waals surface area contributed by atoms with Crippen LogP contribution in [0.25, 0.3) is 0 Å². The van der Waals surface area contributed by atoms with Crippen molar-refractivity contribution in [3.8, 4) is 0 Å². The topological polar surface area (TPSA) is 30.4 Å². The van der Waals surface area contributed by atoms with E-state index in [0.717, 1.165) is 26.0 Å². The van der Waals surface area contributed by atoms with E-state index in [0.29, 0.717) is 6.10 Å². The zero-order chi connectivity index (χ0) is 9.26. The maximum absolute atomic E-state index is 5.19. The van der Waals surface area contributed by atoms with Crippen LogP contribution in [0.4, 0.5) is 0 Å². The Balaban J connectivity index is 2.14. The lowest BCUT2D eigenvalue weighted by atomic mass is 10.2. The third-order valence-electron chi connectivity index (χ3n) is 2.42. The highest BCUT2D eigenvalue weighted by Gasteiger charge is 2.24. The molecule has 0 aromatic carbocycles. The van der Waals surface area contributed by atoms with Crippen molar-refractivity contribution < 1.29 is 4.74 Å². The van der Waals surface area contributed by atoms with Gasteiger partial charge < -0.3 is 4.74 Å². The van der Waals surface area contributed by atoms with Crippen LogP contribution < -0.4 is 0 Å². The van der Waals surface area contributed by atoms with Gasteiger partial charge in [-0.15, -0.1) is 0 Å². The molecule has 1 aromatic rings. The standard InChI is InChI=1S/C10H16N2O/c1-3-8-5-9(4-2)12(11-8)6-10-7-13-10/h5,10H,3-4,6-7H2,1-2H3. The van der Waals surface area contributed by atoms with Crippen molar-refractivity contribution in [1.29, 1.82) is 0 Å². The lowest BCUT2D eigenvalue weighted by molar-refractivity contribution is 0.370. The Labute approximate surface area is 78.7 Å². The molecule has 2 heterocycles. The fourth-order valence-electron chi connectivity index (χ4n) is 1.50. The molecule has 1 fully saturated rings. The van der Waals surface area contributed by atoms with Crippen LogP contribution in [-0.4, -0.2) is 22.5 Å². The first-order valence-electron chi connectivity index (χ1n) is 5.00.